The van der Waals surface area contributed by atoms with Gasteiger partial charge in [0.25, 0.3) is 0 Å². The Morgan fingerprint density at radius 2 is 1.85 bits per heavy atom. The van der Waals surface area contributed by atoms with Gasteiger partial charge >= 0.3 is 0 Å². The van der Waals surface area contributed by atoms with Crippen LogP contribution < -0.4 is 0 Å². The van der Waals surface area contributed by atoms with E-state index in [1.807, 2.05) is 37.2 Å². The van der Waals surface area contributed by atoms with Crippen molar-refractivity contribution in [2.75, 3.05) is 27.2 Å². The number of hydrogen-bond donors (Lipinski definition) is 0. The highest BCUT2D eigenvalue weighted by molar-refractivity contribution is 7.89. The van der Waals surface area contributed by atoms with Gasteiger partial charge in [-0.15, -0.1) is 0 Å². The van der Waals surface area contributed by atoms with Gasteiger partial charge in [-0.05, 0) is 63.7 Å². The summed E-state index contributed by atoms with van der Waals surface area (Å²) in [6.45, 7) is 1.48. The van der Waals surface area contributed by atoms with Crippen LogP contribution in [0.2, 0.25) is 10.0 Å². The summed E-state index contributed by atoms with van der Waals surface area (Å²) >= 11 is 12.3. The third-order valence-electron chi connectivity index (χ3n) is 6.30. The number of rotatable bonds is 6. The number of hydrogen-bond acceptors (Lipinski definition) is 5. The largest absolute Gasteiger partial charge is 0.335 e. The van der Waals surface area contributed by atoms with Crippen LogP contribution in [0.25, 0.3) is 0 Å². The average molecular weight is 511 g/mol. The van der Waals surface area contributed by atoms with Crippen molar-refractivity contribution in [3.8, 4) is 0 Å². The first-order valence-electron chi connectivity index (χ1n) is 11.0. The number of carbonyl (C=O) groups excluding carboxylic acids is 1. The van der Waals surface area contributed by atoms with E-state index in [2.05, 4.69) is 4.98 Å². The first-order chi connectivity index (χ1) is 15.7. The van der Waals surface area contributed by atoms with Gasteiger partial charge in [0.1, 0.15) is 6.04 Å². The summed E-state index contributed by atoms with van der Waals surface area (Å²) in [7, 11) is -0.0767. The maximum atomic E-state index is 13.9. The third kappa shape index (κ3) is 5.20. The van der Waals surface area contributed by atoms with Crippen LogP contribution in [0.5, 0.6) is 0 Å². The molecule has 7 nitrogen and oxygen atoms in total. The van der Waals surface area contributed by atoms with Gasteiger partial charge < -0.3 is 9.80 Å². The number of carbonyl (C=O) groups is 1. The molecule has 3 atom stereocenters. The third-order valence-corrected chi connectivity index (χ3v) is 8.65. The minimum Gasteiger partial charge on any atom is -0.335 e. The van der Waals surface area contributed by atoms with Crippen molar-refractivity contribution in [1.82, 2.24) is 19.1 Å². The molecule has 3 heterocycles. The highest BCUT2D eigenvalue weighted by Gasteiger charge is 2.50. The highest BCUT2D eigenvalue weighted by Crippen LogP contribution is 2.38. The predicted molar refractivity (Wildman–Crippen MR) is 129 cm³/mol. The van der Waals surface area contributed by atoms with Crippen LogP contribution in [0, 0.1) is 5.92 Å². The van der Waals surface area contributed by atoms with E-state index >= 15 is 0 Å². The maximum Gasteiger partial charge on any atom is 0.244 e. The van der Waals surface area contributed by atoms with Crippen molar-refractivity contribution in [2.24, 2.45) is 5.92 Å². The van der Waals surface area contributed by atoms with Gasteiger partial charge in [-0.3, -0.25) is 9.78 Å². The van der Waals surface area contributed by atoms with Crippen molar-refractivity contribution in [3.05, 3.63) is 58.3 Å². The van der Waals surface area contributed by atoms with Crippen molar-refractivity contribution in [3.63, 3.8) is 0 Å². The number of aromatic nitrogens is 1. The summed E-state index contributed by atoms with van der Waals surface area (Å²) < 4.78 is 29.3. The molecule has 4 rings (SSSR count). The van der Waals surface area contributed by atoms with E-state index in [9.17, 15) is 13.2 Å². The van der Waals surface area contributed by atoms with E-state index in [1.54, 1.807) is 11.1 Å². The fraction of sp³-hybridized carbons (Fsp3) is 0.478. The first kappa shape index (κ1) is 24.4. The number of fused-ring (bicyclic) bond motifs is 2. The molecule has 2 bridgehead atoms. The van der Waals surface area contributed by atoms with Crippen LogP contribution in [0.15, 0.2) is 47.5 Å². The van der Waals surface area contributed by atoms with E-state index < -0.39 is 16.1 Å². The number of amides is 1. The van der Waals surface area contributed by atoms with Gasteiger partial charge in [0.2, 0.25) is 15.9 Å². The molecule has 2 aliphatic rings. The molecule has 0 radical (unpaired) electrons. The lowest BCUT2D eigenvalue weighted by molar-refractivity contribution is -0.135. The number of benzene rings is 1. The Kier molecular flexibility index (Phi) is 7.31. The highest BCUT2D eigenvalue weighted by atomic mass is 35.5. The zero-order valence-corrected chi connectivity index (χ0v) is 21.0. The summed E-state index contributed by atoms with van der Waals surface area (Å²) in [4.78, 5) is 22.0. The standard InChI is InChI=1S/C23H28Cl2N4O3S/c1-27(2)13-16-14-28(15-19-6-3-4-9-26-19)23(30)22-8-5-7-21(16)29(22)33(31,32)20-11-17(24)10-18(25)12-20/h3-4,6,9-12,16,21-22H,5,7-8,13-15H2,1-2H3. The van der Waals surface area contributed by atoms with Gasteiger partial charge in [-0.25, -0.2) is 8.42 Å². The maximum absolute atomic E-state index is 13.9. The Labute approximate surface area is 205 Å². The quantitative estimate of drug-likeness (QED) is 0.594. The van der Waals surface area contributed by atoms with E-state index in [1.165, 1.54) is 22.5 Å². The lowest BCUT2D eigenvalue weighted by Gasteiger charge is -2.41. The molecule has 0 spiro atoms. The summed E-state index contributed by atoms with van der Waals surface area (Å²) in [5.74, 6) is -0.231. The lowest BCUT2D eigenvalue weighted by Crippen LogP contribution is -2.55. The van der Waals surface area contributed by atoms with Crippen molar-refractivity contribution in [2.45, 2.75) is 42.8 Å². The first-order valence-corrected chi connectivity index (χ1v) is 13.2. The van der Waals surface area contributed by atoms with Crippen LogP contribution in [-0.4, -0.2) is 72.7 Å². The van der Waals surface area contributed by atoms with Gasteiger partial charge in [0.15, 0.2) is 0 Å². The van der Waals surface area contributed by atoms with E-state index in [0.29, 0.717) is 32.5 Å². The van der Waals surface area contributed by atoms with Crippen LogP contribution in [0.4, 0.5) is 0 Å². The van der Waals surface area contributed by atoms with Gasteiger partial charge in [-0.1, -0.05) is 29.3 Å². The van der Waals surface area contributed by atoms with Crippen molar-refractivity contribution >= 4 is 39.1 Å². The Hall–Kier alpha value is -1.71. The monoisotopic (exact) mass is 510 g/mol. The molecule has 3 unspecified atom stereocenters. The minimum atomic E-state index is -4.00. The molecule has 1 amide bonds. The Balaban J connectivity index is 1.77. The normalized spacial score (nSPS) is 24.2. The van der Waals surface area contributed by atoms with Crippen molar-refractivity contribution in [1.29, 1.82) is 0 Å². The Morgan fingerprint density at radius 1 is 1.12 bits per heavy atom. The molecular formula is C23H28Cl2N4O3S. The van der Waals surface area contributed by atoms with Crippen LogP contribution in [0.1, 0.15) is 25.0 Å². The number of halogens is 2. The zero-order chi connectivity index (χ0) is 23.8. The van der Waals surface area contributed by atoms with Gasteiger partial charge in [0, 0.05) is 41.3 Å². The fourth-order valence-corrected chi connectivity index (χ4v) is 7.63. The predicted octanol–water partition coefficient (Wildman–Crippen LogP) is 3.52. The summed E-state index contributed by atoms with van der Waals surface area (Å²) in [5, 5.41) is 0.489. The minimum absolute atomic E-state index is 0.0199. The van der Waals surface area contributed by atoms with Crippen LogP contribution in [-0.2, 0) is 21.4 Å². The molecule has 2 aromatic rings. The molecule has 0 N–H and O–H groups in total. The molecule has 0 saturated carbocycles. The second-order valence-corrected chi connectivity index (χ2v) is 11.7. The molecule has 33 heavy (non-hydrogen) atoms. The summed E-state index contributed by atoms with van der Waals surface area (Å²) in [6.07, 6.45) is 3.68. The number of sulfonamides is 1. The summed E-state index contributed by atoms with van der Waals surface area (Å²) in [5.41, 5.74) is 0.780. The smallest absolute Gasteiger partial charge is 0.244 e. The molecule has 178 valence electrons. The second-order valence-electron chi connectivity index (χ2n) is 9.02. The second kappa shape index (κ2) is 9.88. The van der Waals surface area contributed by atoms with Gasteiger partial charge in [0.05, 0.1) is 17.1 Å². The van der Waals surface area contributed by atoms with E-state index in [4.69, 9.17) is 23.2 Å². The zero-order valence-electron chi connectivity index (χ0n) is 18.7. The number of piperidine rings is 1. The molecule has 2 saturated heterocycles. The Morgan fingerprint density at radius 3 is 2.48 bits per heavy atom. The van der Waals surface area contributed by atoms with Gasteiger partial charge in [-0.2, -0.15) is 4.31 Å². The molecular weight excluding hydrogens is 483 g/mol. The molecule has 2 aliphatic heterocycles. The van der Waals surface area contributed by atoms with E-state index in [-0.39, 0.29) is 32.8 Å². The molecule has 1 aromatic heterocycles. The fourth-order valence-electron chi connectivity index (χ4n) is 5.01. The lowest BCUT2D eigenvalue weighted by atomic mass is 9.90. The van der Waals surface area contributed by atoms with Crippen LogP contribution in [0.3, 0.4) is 0 Å². The topological polar surface area (TPSA) is 73.8 Å². The molecule has 0 aliphatic carbocycles. The molecule has 2 fully saturated rings. The Bertz CT molecular complexity index is 1090. The number of nitrogens with zero attached hydrogens (tertiary/aromatic N) is 4. The van der Waals surface area contributed by atoms with Crippen LogP contribution >= 0.6 is 23.2 Å². The SMILES string of the molecule is CN(C)CC1CN(Cc2ccccn2)C(=O)C2CCCC1N2S(=O)(=O)c1cc(Cl)cc(Cl)c1. The molecule has 1 aromatic carbocycles. The average Bonchev–Trinajstić information content (AvgIpc) is 2.82. The van der Waals surface area contributed by atoms with E-state index in [0.717, 1.165) is 12.1 Å². The molecule has 10 heteroatoms. The van der Waals surface area contributed by atoms with Crippen molar-refractivity contribution < 1.29 is 13.2 Å². The summed E-state index contributed by atoms with van der Waals surface area (Å²) in [6, 6.07) is 8.85. The number of pyridine rings is 1.